The van der Waals surface area contributed by atoms with E-state index >= 15 is 0 Å². The maximum atomic E-state index is 14.3. The maximum Gasteiger partial charge on any atom is 0.322 e. The number of hydrogen-bond donors (Lipinski definition) is 1. The van der Waals surface area contributed by atoms with E-state index < -0.39 is 35.0 Å². The number of furan rings is 1. The van der Waals surface area contributed by atoms with Crippen LogP contribution in [-0.4, -0.2) is 10.9 Å². The average Bonchev–Trinajstić information content (AvgIpc) is 3.24. The first-order valence-corrected chi connectivity index (χ1v) is 12.3. The molecule has 0 fully saturated rings. The summed E-state index contributed by atoms with van der Waals surface area (Å²) in [5.74, 6) is -3.68. The number of urea groups is 1. The third kappa shape index (κ3) is 5.76. The summed E-state index contributed by atoms with van der Waals surface area (Å²) in [6.45, 7) is 1.78. The van der Waals surface area contributed by atoms with E-state index in [-0.39, 0.29) is 13.1 Å². The third-order valence-corrected chi connectivity index (χ3v) is 6.45. The van der Waals surface area contributed by atoms with Crippen LogP contribution in [0.3, 0.4) is 0 Å². The molecular weight excluding hydrogens is 532 g/mol. The molecule has 1 heterocycles. The van der Waals surface area contributed by atoms with Gasteiger partial charge in [0.2, 0.25) is 0 Å². The minimum Gasteiger partial charge on any atom is -0.459 e. The van der Waals surface area contributed by atoms with E-state index in [9.17, 15) is 22.4 Å². The number of fused-ring (bicyclic) bond motifs is 1. The normalized spacial score (nSPS) is 11.1. The number of aryl methyl sites for hydroxylation is 1. The molecule has 1 N–H and O–H groups in total. The van der Waals surface area contributed by atoms with Gasteiger partial charge in [-0.2, -0.15) is 0 Å². The van der Waals surface area contributed by atoms with Crippen molar-refractivity contribution in [2.45, 2.75) is 20.0 Å². The molecule has 0 atom stereocenters. The molecule has 0 aliphatic heterocycles. The molecule has 0 saturated carbocycles. The van der Waals surface area contributed by atoms with Crippen LogP contribution in [-0.2, 0) is 13.1 Å². The molecule has 0 aliphatic carbocycles. The summed E-state index contributed by atoms with van der Waals surface area (Å²) in [5.41, 5.74) is 2.86. The summed E-state index contributed by atoms with van der Waals surface area (Å²) in [4.78, 5) is 14.7. The van der Waals surface area contributed by atoms with Gasteiger partial charge in [-0.1, -0.05) is 47.5 Å². The van der Waals surface area contributed by atoms with Gasteiger partial charge >= 0.3 is 6.03 Å². The number of anilines is 1. The molecule has 39 heavy (non-hydrogen) atoms. The Kier molecular flexibility index (Phi) is 7.30. The number of benzene rings is 4. The molecule has 0 radical (unpaired) electrons. The van der Waals surface area contributed by atoms with Gasteiger partial charge in [0.15, 0.2) is 11.6 Å². The second-order valence-electron chi connectivity index (χ2n) is 9.06. The molecule has 5 rings (SSSR count). The lowest BCUT2D eigenvalue weighted by molar-refractivity contribution is 0.201. The molecule has 0 unspecified atom stereocenters. The van der Waals surface area contributed by atoms with Gasteiger partial charge in [0, 0.05) is 34.6 Å². The summed E-state index contributed by atoms with van der Waals surface area (Å²) in [5, 5.41) is 3.56. The molecule has 4 aromatic carbocycles. The van der Waals surface area contributed by atoms with Crippen molar-refractivity contribution in [3.8, 4) is 11.1 Å². The van der Waals surface area contributed by atoms with E-state index in [4.69, 9.17) is 16.0 Å². The van der Waals surface area contributed by atoms with E-state index in [1.54, 1.807) is 12.1 Å². The van der Waals surface area contributed by atoms with Crippen molar-refractivity contribution in [1.29, 1.82) is 0 Å². The second-order valence-corrected chi connectivity index (χ2v) is 9.50. The highest BCUT2D eigenvalue weighted by atomic mass is 35.5. The van der Waals surface area contributed by atoms with Crippen LogP contribution in [0.4, 0.5) is 28.0 Å². The molecule has 198 valence electrons. The fourth-order valence-corrected chi connectivity index (χ4v) is 4.46. The van der Waals surface area contributed by atoms with E-state index in [0.717, 1.165) is 22.1 Å². The Morgan fingerprint density at radius 2 is 1.51 bits per heavy atom. The number of carbonyl (C=O) groups excluding carboxylic acids is 1. The standard InChI is InChI=1S/C30H21ClF4N2O2/c1-17-2-11-26-23(12-17)28(19-5-7-20(31)8-6-19)27(39-26)16-37(15-18-3-9-21(32)10-4-18)30(38)36-29-24(34)13-22(33)14-25(29)35/h2-14H,15-16H2,1H3,(H,36,38). The number of nitrogens with one attached hydrogen (secondary N) is 1. The van der Waals surface area contributed by atoms with Gasteiger partial charge in [-0.25, -0.2) is 22.4 Å². The smallest absolute Gasteiger partial charge is 0.322 e. The zero-order valence-corrected chi connectivity index (χ0v) is 21.3. The van der Waals surface area contributed by atoms with E-state index in [0.29, 0.717) is 34.1 Å². The van der Waals surface area contributed by atoms with Crippen LogP contribution >= 0.6 is 11.6 Å². The number of nitrogens with zero attached hydrogens (tertiary/aromatic N) is 1. The van der Waals surface area contributed by atoms with Crippen LogP contribution < -0.4 is 5.32 Å². The van der Waals surface area contributed by atoms with E-state index in [1.807, 2.05) is 37.3 Å². The molecule has 5 aromatic rings. The molecule has 9 heteroatoms. The lowest BCUT2D eigenvalue weighted by Crippen LogP contribution is -2.34. The minimum atomic E-state index is -1.26. The van der Waals surface area contributed by atoms with Gasteiger partial charge in [-0.3, -0.25) is 0 Å². The van der Waals surface area contributed by atoms with Crippen LogP contribution in [0.2, 0.25) is 5.02 Å². The van der Waals surface area contributed by atoms with Crippen LogP contribution in [0, 0.1) is 30.2 Å². The molecule has 0 aliphatic rings. The van der Waals surface area contributed by atoms with Crippen molar-refractivity contribution in [1.82, 2.24) is 4.90 Å². The Hall–Kier alpha value is -4.30. The number of amides is 2. The highest BCUT2D eigenvalue weighted by molar-refractivity contribution is 6.30. The highest BCUT2D eigenvalue weighted by Gasteiger charge is 2.24. The maximum absolute atomic E-state index is 14.3. The summed E-state index contributed by atoms with van der Waals surface area (Å²) in [7, 11) is 0. The van der Waals surface area contributed by atoms with Gasteiger partial charge < -0.3 is 14.6 Å². The fraction of sp³-hybridized carbons (Fsp3) is 0.100. The van der Waals surface area contributed by atoms with Crippen LogP contribution in [0.1, 0.15) is 16.9 Å². The Morgan fingerprint density at radius 1 is 0.846 bits per heavy atom. The molecule has 0 bridgehead atoms. The van der Waals surface area contributed by atoms with Gasteiger partial charge in [0.25, 0.3) is 0 Å². The van der Waals surface area contributed by atoms with E-state index in [2.05, 4.69) is 5.32 Å². The first-order valence-electron chi connectivity index (χ1n) is 11.9. The summed E-state index contributed by atoms with van der Waals surface area (Å²) >= 11 is 6.10. The monoisotopic (exact) mass is 552 g/mol. The van der Waals surface area contributed by atoms with Gasteiger partial charge in [-0.05, 0) is 54.4 Å². The van der Waals surface area contributed by atoms with Crippen molar-refractivity contribution in [3.63, 3.8) is 0 Å². The molecule has 0 spiro atoms. The lowest BCUT2D eigenvalue weighted by atomic mass is 10.0. The summed E-state index contributed by atoms with van der Waals surface area (Å²) < 4.78 is 61.8. The molecular formula is C30H21ClF4N2O2. The van der Waals surface area contributed by atoms with Crippen molar-refractivity contribution >= 4 is 34.3 Å². The van der Waals surface area contributed by atoms with Crippen molar-refractivity contribution in [3.05, 3.63) is 124 Å². The highest BCUT2D eigenvalue weighted by Crippen LogP contribution is 2.37. The van der Waals surface area contributed by atoms with Gasteiger partial charge in [0.05, 0.1) is 6.54 Å². The quantitative estimate of drug-likeness (QED) is 0.214. The van der Waals surface area contributed by atoms with Crippen molar-refractivity contribution in [2.75, 3.05) is 5.32 Å². The first kappa shape index (κ1) is 26.3. The largest absolute Gasteiger partial charge is 0.459 e. The summed E-state index contributed by atoms with van der Waals surface area (Å²) in [6, 6.07) is 18.4. The Labute approximate surface area is 226 Å². The molecule has 4 nitrogen and oxygen atoms in total. The number of carbonyl (C=O) groups is 1. The van der Waals surface area contributed by atoms with Gasteiger partial charge in [-0.15, -0.1) is 0 Å². The van der Waals surface area contributed by atoms with Crippen LogP contribution in [0.15, 0.2) is 83.3 Å². The van der Waals surface area contributed by atoms with Gasteiger partial charge in [0.1, 0.15) is 28.7 Å². The van der Waals surface area contributed by atoms with Crippen molar-refractivity contribution in [2.24, 2.45) is 0 Å². The van der Waals surface area contributed by atoms with Crippen molar-refractivity contribution < 1.29 is 26.8 Å². The van der Waals surface area contributed by atoms with Crippen LogP contribution in [0.5, 0.6) is 0 Å². The van der Waals surface area contributed by atoms with E-state index in [1.165, 1.54) is 29.2 Å². The molecule has 1 aromatic heterocycles. The molecule has 0 saturated heterocycles. The fourth-order valence-electron chi connectivity index (χ4n) is 4.34. The first-order chi connectivity index (χ1) is 18.7. The minimum absolute atomic E-state index is 0.0489. The number of rotatable bonds is 6. The average molecular weight is 553 g/mol. The second kappa shape index (κ2) is 10.8. The Morgan fingerprint density at radius 3 is 2.18 bits per heavy atom. The predicted octanol–water partition coefficient (Wildman–Crippen LogP) is 8.85. The molecule has 2 amide bonds. The number of hydrogen-bond acceptors (Lipinski definition) is 2. The third-order valence-electron chi connectivity index (χ3n) is 6.20. The predicted molar refractivity (Wildman–Crippen MR) is 142 cm³/mol. The number of halogens is 5. The SMILES string of the molecule is Cc1ccc2oc(CN(Cc3ccc(F)cc3)C(=O)Nc3c(F)cc(F)cc3F)c(-c3ccc(Cl)cc3)c2c1. The Balaban J connectivity index is 1.57. The topological polar surface area (TPSA) is 45.5 Å². The Bertz CT molecular complexity index is 1640. The summed E-state index contributed by atoms with van der Waals surface area (Å²) in [6.07, 6.45) is 0. The van der Waals surface area contributed by atoms with Crippen LogP contribution in [0.25, 0.3) is 22.1 Å². The zero-order chi connectivity index (χ0) is 27.7. The zero-order valence-electron chi connectivity index (χ0n) is 20.6. The lowest BCUT2D eigenvalue weighted by Gasteiger charge is -2.23.